The largest absolute Gasteiger partial charge is 0.504 e. The number of ketones is 1. The summed E-state index contributed by atoms with van der Waals surface area (Å²) in [6, 6.07) is 0. The molecule has 0 saturated heterocycles. The Labute approximate surface area is 73.4 Å². The molecule has 3 heteroatoms. The van der Waals surface area contributed by atoms with Crippen molar-refractivity contribution in [3.8, 4) is 0 Å². The third-order valence-electron chi connectivity index (χ3n) is 1.04. The molecule has 0 aromatic heterocycles. The van der Waals surface area contributed by atoms with Gasteiger partial charge in [-0.15, -0.1) is 0 Å². The van der Waals surface area contributed by atoms with Gasteiger partial charge in [-0.1, -0.05) is 0 Å². The van der Waals surface area contributed by atoms with E-state index in [1.165, 1.54) is 19.4 Å². The van der Waals surface area contributed by atoms with Crippen LogP contribution < -0.4 is 0 Å². The minimum Gasteiger partial charge on any atom is -0.504 e. The summed E-state index contributed by atoms with van der Waals surface area (Å²) in [6.45, 7) is 5.81. The van der Waals surface area contributed by atoms with E-state index in [0.717, 1.165) is 0 Å². The summed E-state index contributed by atoms with van der Waals surface area (Å²) < 4.78 is 9.82. The Morgan fingerprint density at radius 2 is 2.00 bits per heavy atom. The van der Waals surface area contributed by atoms with Gasteiger partial charge < -0.3 is 9.47 Å². The van der Waals surface area contributed by atoms with Gasteiger partial charge in [0, 0.05) is 6.08 Å². The lowest BCUT2D eigenvalue weighted by Gasteiger charge is -2.17. The minimum absolute atomic E-state index is 0.0909. The Hall–Kier alpha value is -0.830. The molecule has 0 aliphatic rings. The molecule has 0 heterocycles. The summed E-state index contributed by atoms with van der Waals surface area (Å²) in [7, 11) is 1.49. The summed E-state index contributed by atoms with van der Waals surface area (Å²) in [5.74, 6) is -0.0909. The molecule has 0 fully saturated rings. The van der Waals surface area contributed by atoms with Crippen molar-refractivity contribution in [1.82, 2.24) is 0 Å². The molecule has 70 valence electrons. The molecule has 0 N–H and O–H groups in total. The van der Waals surface area contributed by atoms with Gasteiger partial charge in [-0.25, -0.2) is 0 Å². The number of ether oxygens (including phenoxy) is 2. The molecule has 0 radical (unpaired) electrons. The molecule has 0 unspecified atom stereocenters. The summed E-state index contributed by atoms with van der Waals surface area (Å²) in [5.41, 5.74) is -0.267. The van der Waals surface area contributed by atoms with Crippen LogP contribution in [-0.2, 0) is 14.3 Å². The second-order valence-electron chi connectivity index (χ2n) is 3.41. The minimum atomic E-state index is -0.267. The first-order valence-electron chi connectivity index (χ1n) is 3.82. The van der Waals surface area contributed by atoms with Gasteiger partial charge in [0.2, 0.25) is 0 Å². The number of methoxy groups -OCH3 is 1. The van der Waals surface area contributed by atoms with Crippen molar-refractivity contribution in [2.45, 2.75) is 26.4 Å². The summed E-state index contributed by atoms with van der Waals surface area (Å²) in [5, 5.41) is 0. The fraction of sp³-hybridized carbons (Fsp3) is 0.667. The molecular weight excluding hydrogens is 156 g/mol. The van der Waals surface area contributed by atoms with Crippen LogP contribution in [-0.4, -0.2) is 25.1 Å². The van der Waals surface area contributed by atoms with Gasteiger partial charge in [-0.2, -0.15) is 0 Å². The zero-order valence-corrected chi connectivity index (χ0v) is 8.09. The second-order valence-corrected chi connectivity index (χ2v) is 3.41. The molecule has 0 saturated carbocycles. The van der Waals surface area contributed by atoms with Gasteiger partial charge in [0.1, 0.15) is 6.61 Å². The molecule has 0 atom stereocenters. The van der Waals surface area contributed by atoms with E-state index in [0.29, 0.717) is 0 Å². The highest BCUT2D eigenvalue weighted by atomic mass is 16.5. The lowest BCUT2D eigenvalue weighted by Crippen LogP contribution is -2.22. The Bertz CT molecular complexity index is 165. The highest BCUT2D eigenvalue weighted by Crippen LogP contribution is 2.05. The summed E-state index contributed by atoms with van der Waals surface area (Å²) >= 11 is 0. The van der Waals surface area contributed by atoms with E-state index >= 15 is 0 Å². The average Bonchev–Trinajstić information content (AvgIpc) is 1.95. The fourth-order valence-corrected chi connectivity index (χ4v) is 0.480. The standard InChI is InChI=1S/C9H16O3/c1-9(2,3)12-7-8(10)5-6-11-4/h5-6H,7H2,1-4H3/b6-5+. The molecule has 0 aliphatic heterocycles. The first-order valence-corrected chi connectivity index (χ1v) is 3.82. The SMILES string of the molecule is CO/C=C/C(=O)COC(C)(C)C. The molecule has 0 amide bonds. The monoisotopic (exact) mass is 172 g/mol. The molecule has 0 bridgehead atoms. The van der Waals surface area contributed by atoms with Crippen molar-refractivity contribution >= 4 is 5.78 Å². The molecule has 0 aliphatic carbocycles. The first kappa shape index (κ1) is 11.2. The Morgan fingerprint density at radius 3 is 2.42 bits per heavy atom. The van der Waals surface area contributed by atoms with Gasteiger partial charge in [0.25, 0.3) is 0 Å². The molecule has 0 aromatic carbocycles. The zero-order chi connectivity index (χ0) is 9.61. The van der Waals surface area contributed by atoms with E-state index in [1.807, 2.05) is 20.8 Å². The molecule has 12 heavy (non-hydrogen) atoms. The number of rotatable bonds is 4. The normalized spacial score (nSPS) is 12.0. The van der Waals surface area contributed by atoms with Gasteiger partial charge >= 0.3 is 0 Å². The van der Waals surface area contributed by atoms with Crippen LogP contribution in [0.1, 0.15) is 20.8 Å². The van der Waals surface area contributed by atoms with Crippen molar-refractivity contribution in [3.63, 3.8) is 0 Å². The van der Waals surface area contributed by atoms with E-state index < -0.39 is 0 Å². The Balaban J connectivity index is 3.65. The highest BCUT2D eigenvalue weighted by Gasteiger charge is 2.11. The van der Waals surface area contributed by atoms with Crippen LogP contribution in [0.3, 0.4) is 0 Å². The molecule has 0 aromatic rings. The van der Waals surface area contributed by atoms with Crippen molar-refractivity contribution in [2.24, 2.45) is 0 Å². The number of carbonyl (C=O) groups excluding carboxylic acids is 1. The number of carbonyl (C=O) groups is 1. The van der Waals surface area contributed by atoms with Crippen LogP contribution >= 0.6 is 0 Å². The van der Waals surface area contributed by atoms with Gasteiger partial charge in [0.05, 0.1) is 19.0 Å². The number of hydrogen-bond donors (Lipinski definition) is 0. The molecular formula is C9H16O3. The van der Waals surface area contributed by atoms with Crippen LogP contribution in [0, 0.1) is 0 Å². The van der Waals surface area contributed by atoms with Crippen molar-refractivity contribution in [3.05, 3.63) is 12.3 Å². The van der Waals surface area contributed by atoms with E-state index in [1.54, 1.807) is 0 Å². The van der Waals surface area contributed by atoms with Gasteiger partial charge in [0.15, 0.2) is 5.78 Å². The van der Waals surface area contributed by atoms with E-state index in [-0.39, 0.29) is 18.0 Å². The maximum atomic E-state index is 11.0. The van der Waals surface area contributed by atoms with Crippen LogP contribution in [0.25, 0.3) is 0 Å². The maximum Gasteiger partial charge on any atom is 0.184 e. The quantitative estimate of drug-likeness (QED) is 0.476. The fourth-order valence-electron chi connectivity index (χ4n) is 0.480. The number of hydrogen-bond acceptors (Lipinski definition) is 3. The smallest absolute Gasteiger partial charge is 0.184 e. The lowest BCUT2D eigenvalue weighted by atomic mass is 10.2. The van der Waals surface area contributed by atoms with Crippen molar-refractivity contribution in [2.75, 3.05) is 13.7 Å². The lowest BCUT2D eigenvalue weighted by molar-refractivity contribution is -0.123. The first-order chi connectivity index (χ1) is 5.45. The zero-order valence-electron chi connectivity index (χ0n) is 8.09. The van der Waals surface area contributed by atoms with Crippen LogP contribution in [0.4, 0.5) is 0 Å². The average molecular weight is 172 g/mol. The van der Waals surface area contributed by atoms with Gasteiger partial charge in [-0.3, -0.25) is 4.79 Å². The second kappa shape index (κ2) is 4.93. The van der Waals surface area contributed by atoms with E-state index in [4.69, 9.17) is 4.74 Å². The van der Waals surface area contributed by atoms with Crippen LogP contribution in [0.15, 0.2) is 12.3 Å². The van der Waals surface area contributed by atoms with Gasteiger partial charge in [-0.05, 0) is 20.8 Å². The Morgan fingerprint density at radius 1 is 1.42 bits per heavy atom. The summed E-state index contributed by atoms with van der Waals surface area (Å²) in [4.78, 5) is 11.0. The molecule has 0 rings (SSSR count). The predicted octanol–water partition coefficient (Wildman–Crippen LogP) is 1.53. The van der Waals surface area contributed by atoms with Crippen molar-refractivity contribution < 1.29 is 14.3 Å². The topological polar surface area (TPSA) is 35.5 Å². The highest BCUT2D eigenvalue weighted by molar-refractivity contribution is 5.90. The van der Waals surface area contributed by atoms with E-state index in [2.05, 4.69) is 4.74 Å². The van der Waals surface area contributed by atoms with Crippen molar-refractivity contribution in [1.29, 1.82) is 0 Å². The Kier molecular flexibility index (Phi) is 4.59. The van der Waals surface area contributed by atoms with E-state index in [9.17, 15) is 4.79 Å². The third-order valence-corrected chi connectivity index (χ3v) is 1.04. The molecule has 3 nitrogen and oxygen atoms in total. The third kappa shape index (κ3) is 7.28. The van der Waals surface area contributed by atoms with Crippen LogP contribution in [0.2, 0.25) is 0 Å². The van der Waals surface area contributed by atoms with Crippen LogP contribution in [0.5, 0.6) is 0 Å². The summed E-state index contributed by atoms with van der Waals surface area (Å²) in [6.07, 6.45) is 2.69. The predicted molar refractivity (Wildman–Crippen MR) is 46.9 cm³/mol. The molecule has 0 spiro atoms. The maximum absolute atomic E-state index is 11.0.